The van der Waals surface area contributed by atoms with Crippen molar-refractivity contribution in [2.45, 2.75) is 13.5 Å². The minimum absolute atomic E-state index is 0.0710. The minimum atomic E-state index is -0.512. The van der Waals surface area contributed by atoms with Gasteiger partial charge in [-0.25, -0.2) is 9.78 Å². The molecule has 2 aromatic rings. The summed E-state index contributed by atoms with van der Waals surface area (Å²) in [4.78, 5) is 26.0. The van der Waals surface area contributed by atoms with Crippen molar-refractivity contribution in [3.63, 3.8) is 0 Å². The van der Waals surface area contributed by atoms with Gasteiger partial charge in [-0.15, -0.1) is 11.3 Å². The molecule has 0 unspecified atom stereocenters. The molecule has 0 aliphatic carbocycles. The standard InChI is InChI=1S/C12H12N4O3S/c1-8-7-20-11(14-8)6-13-12(17)15-9-3-2-4-10(5-9)16(18)19/h2-5,7H,6H2,1H3,(H2,13,15,17). The number of nitrogens with zero attached hydrogens (tertiary/aromatic N) is 2. The van der Waals surface area contributed by atoms with Gasteiger partial charge in [-0.2, -0.15) is 0 Å². The lowest BCUT2D eigenvalue weighted by molar-refractivity contribution is -0.384. The van der Waals surface area contributed by atoms with Gasteiger partial charge in [-0.3, -0.25) is 10.1 Å². The van der Waals surface area contributed by atoms with Crippen molar-refractivity contribution in [3.05, 3.63) is 50.5 Å². The summed E-state index contributed by atoms with van der Waals surface area (Å²) < 4.78 is 0. The first kappa shape index (κ1) is 13.9. The molecule has 1 aromatic carbocycles. The zero-order valence-electron chi connectivity index (χ0n) is 10.6. The third kappa shape index (κ3) is 3.75. The van der Waals surface area contributed by atoms with Gasteiger partial charge in [0.15, 0.2) is 0 Å². The van der Waals surface area contributed by atoms with Gasteiger partial charge in [-0.05, 0) is 13.0 Å². The minimum Gasteiger partial charge on any atom is -0.331 e. The summed E-state index contributed by atoms with van der Waals surface area (Å²) in [5.74, 6) is 0. The summed E-state index contributed by atoms with van der Waals surface area (Å²) in [6.07, 6.45) is 0. The largest absolute Gasteiger partial charge is 0.331 e. The topological polar surface area (TPSA) is 97.2 Å². The number of aromatic nitrogens is 1. The molecule has 2 amide bonds. The Hall–Kier alpha value is -2.48. The highest BCUT2D eigenvalue weighted by Gasteiger charge is 2.08. The van der Waals surface area contributed by atoms with Crippen LogP contribution >= 0.6 is 11.3 Å². The van der Waals surface area contributed by atoms with E-state index in [0.717, 1.165) is 10.7 Å². The number of anilines is 1. The molecule has 0 atom stereocenters. The van der Waals surface area contributed by atoms with Gasteiger partial charge in [0.1, 0.15) is 5.01 Å². The van der Waals surface area contributed by atoms with Gasteiger partial charge in [0.2, 0.25) is 0 Å². The normalized spacial score (nSPS) is 10.1. The zero-order chi connectivity index (χ0) is 14.5. The highest BCUT2D eigenvalue weighted by Crippen LogP contribution is 2.16. The maximum Gasteiger partial charge on any atom is 0.319 e. The number of urea groups is 1. The summed E-state index contributed by atoms with van der Waals surface area (Å²) in [5.41, 5.74) is 1.20. The molecule has 0 saturated heterocycles. The lowest BCUT2D eigenvalue weighted by atomic mass is 10.3. The van der Waals surface area contributed by atoms with E-state index in [1.165, 1.54) is 29.5 Å². The number of carbonyl (C=O) groups excluding carboxylic acids is 1. The van der Waals surface area contributed by atoms with E-state index < -0.39 is 11.0 Å². The van der Waals surface area contributed by atoms with E-state index in [1.807, 2.05) is 12.3 Å². The Bertz CT molecular complexity index is 641. The first-order valence-corrected chi connectivity index (χ1v) is 6.63. The van der Waals surface area contributed by atoms with Gasteiger partial charge >= 0.3 is 6.03 Å². The number of thiazole rings is 1. The van der Waals surface area contributed by atoms with Crippen LogP contribution in [0.1, 0.15) is 10.7 Å². The van der Waals surface area contributed by atoms with Crippen LogP contribution in [0.5, 0.6) is 0 Å². The molecule has 20 heavy (non-hydrogen) atoms. The summed E-state index contributed by atoms with van der Waals surface area (Å²) in [5, 5.41) is 18.5. The second-order valence-electron chi connectivity index (χ2n) is 4.00. The Morgan fingerprint density at radius 1 is 1.50 bits per heavy atom. The fourth-order valence-electron chi connectivity index (χ4n) is 1.51. The molecule has 0 aliphatic rings. The molecule has 7 nitrogen and oxygen atoms in total. The average molecular weight is 292 g/mol. The lowest BCUT2D eigenvalue weighted by Gasteiger charge is -2.06. The quantitative estimate of drug-likeness (QED) is 0.668. The fourth-order valence-corrected chi connectivity index (χ4v) is 2.22. The Morgan fingerprint density at radius 3 is 2.95 bits per heavy atom. The predicted molar refractivity (Wildman–Crippen MR) is 75.8 cm³/mol. The number of nitro groups is 1. The van der Waals surface area contributed by atoms with Crippen molar-refractivity contribution in [2.75, 3.05) is 5.32 Å². The Balaban J connectivity index is 1.91. The summed E-state index contributed by atoms with van der Waals surface area (Å²) in [6.45, 7) is 2.20. The summed E-state index contributed by atoms with van der Waals surface area (Å²) >= 11 is 1.46. The molecule has 0 fully saturated rings. The highest BCUT2D eigenvalue weighted by atomic mass is 32.1. The molecule has 1 heterocycles. The van der Waals surface area contributed by atoms with Crippen molar-refractivity contribution in [1.29, 1.82) is 0 Å². The molecule has 0 radical (unpaired) electrons. The van der Waals surface area contributed by atoms with Crippen molar-refractivity contribution in [1.82, 2.24) is 10.3 Å². The zero-order valence-corrected chi connectivity index (χ0v) is 11.4. The van der Waals surface area contributed by atoms with Crippen LogP contribution in [0.3, 0.4) is 0 Å². The molecule has 0 bridgehead atoms. The Morgan fingerprint density at radius 2 is 2.30 bits per heavy atom. The van der Waals surface area contributed by atoms with Crippen LogP contribution in [0, 0.1) is 17.0 Å². The molecule has 0 aliphatic heterocycles. The second kappa shape index (κ2) is 6.11. The van der Waals surface area contributed by atoms with Crippen LogP contribution in [0.2, 0.25) is 0 Å². The molecular weight excluding hydrogens is 280 g/mol. The number of hydrogen-bond donors (Lipinski definition) is 2. The van der Waals surface area contributed by atoms with Crippen molar-refractivity contribution < 1.29 is 9.72 Å². The average Bonchev–Trinajstić information content (AvgIpc) is 2.82. The van der Waals surface area contributed by atoms with Crippen LogP contribution < -0.4 is 10.6 Å². The molecule has 0 saturated carbocycles. The number of non-ortho nitro benzene ring substituents is 1. The highest BCUT2D eigenvalue weighted by molar-refractivity contribution is 7.09. The van der Waals surface area contributed by atoms with Crippen LogP contribution in [0.4, 0.5) is 16.2 Å². The number of rotatable bonds is 4. The van der Waals surface area contributed by atoms with E-state index in [1.54, 1.807) is 6.07 Å². The molecule has 104 valence electrons. The third-order valence-electron chi connectivity index (χ3n) is 2.38. The monoisotopic (exact) mass is 292 g/mol. The van der Waals surface area contributed by atoms with E-state index in [-0.39, 0.29) is 5.69 Å². The van der Waals surface area contributed by atoms with Crippen LogP contribution in [-0.2, 0) is 6.54 Å². The van der Waals surface area contributed by atoms with Crippen LogP contribution in [0.25, 0.3) is 0 Å². The van der Waals surface area contributed by atoms with E-state index in [9.17, 15) is 14.9 Å². The van der Waals surface area contributed by atoms with Gasteiger partial charge in [0.05, 0.1) is 11.5 Å². The number of nitro benzene ring substituents is 1. The van der Waals surface area contributed by atoms with E-state index in [2.05, 4.69) is 15.6 Å². The molecule has 8 heteroatoms. The van der Waals surface area contributed by atoms with Gasteiger partial charge < -0.3 is 10.6 Å². The smallest absolute Gasteiger partial charge is 0.319 e. The molecular formula is C12H12N4O3S. The summed E-state index contributed by atoms with van der Waals surface area (Å²) in [6, 6.07) is 5.32. The Kier molecular flexibility index (Phi) is 4.26. The van der Waals surface area contributed by atoms with Crippen LogP contribution in [0.15, 0.2) is 29.6 Å². The molecule has 1 aromatic heterocycles. The van der Waals surface area contributed by atoms with Gasteiger partial charge in [0.25, 0.3) is 5.69 Å². The Labute approximate surface area is 118 Å². The van der Waals surface area contributed by atoms with E-state index in [0.29, 0.717) is 12.2 Å². The molecule has 0 spiro atoms. The number of carbonyl (C=O) groups is 1. The van der Waals surface area contributed by atoms with Crippen molar-refractivity contribution in [2.24, 2.45) is 0 Å². The maximum absolute atomic E-state index is 11.7. The summed E-state index contributed by atoms with van der Waals surface area (Å²) in [7, 11) is 0. The number of amides is 2. The predicted octanol–water partition coefficient (Wildman–Crippen LogP) is 2.68. The second-order valence-corrected chi connectivity index (χ2v) is 4.94. The third-order valence-corrected chi connectivity index (χ3v) is 3.35. The molecule has 2 N–H and O–H groups in total. The maximum atomic E-state index is 11.7. The van der Waals surface area contributed by atoms with Gasteiger partial charge in [0, 0.05) is 28.9 Å². The fraction of sp³-hybridized carbons (Fsp3) is 0.167. The molecule has 2 rings (SSSR count). The van der Waals surface area contributed by atoms with Crippen LogP contribution in [-0.4, -0.2) is 15.9 Å². The van der Waals surface area contributed by atoms with Crippen molar-refractivity contribution >= 4 is 28.7 Å². The number of benzene rings is 1. The van der Waals surface area contributed by atoms with Crippen molar-refractivity contribution in [3.8, 4) is 0 Å². The SMILES string of the molecule is Cc1csc(CNC(=O)Nc2cccc([N+](=O)[O-])c2)n1. The number of hydrogen-bond acceptors (Lipinski definition) is 5. The first-order chi connectivity index (χ1) is 9.54. The first-order valence-electron chi connectivity index (χ1n) is 5.75. The lowest BCUT2D eigenvalue weighted by Crippen LogP contribution is -2.28. The van der Waals surface area contributed by atoms with Gasteiger partial charge in [-0.1, -0.05) is 6.07 Å². The van der Waals surface area contributed by atoms with E-state index in [4.69, 9.17) is 0 Å². The van der Waals surface area contributed by atoms with E-state index >= 15 is 0 Å². The number of nitrogens with one attached hydrogen (secondary N) is 2. The number of aryl methyl sites for hydroxylation is 1.